The van der Waals surface area contributed by atoms with E-state index < -0.39 is 11.6 Å². The number of H-pyrrole nitrogens is 1. The summed E-state index contributed by atoms with van der Waals surface area (Å²) >= 11 is 0. The highest BCUT2D eigenvalue weighted by Crippen LogP contribution is 2.37. The zero-order valence-electron chi connectivity index (χ0n) is 20.1. The van der Waals surface area contributed by atoms with Crippen molar-refractivity contribution in [1.29, 1.82) is 0 Å². The van der Waals surface area contributed by atoms with Crippen LogP contribution in [0, 0.1) is 11.6 Å². The number of fused-ring (bicyclic) bond motifs is 2. The van der Waals surface area contributed by atoms with Gasteiger partial charge in [-0.2, -0.15) is 5.10 Å². The Hall–Kier alpha value is -4.54. The quantitative estimate of drug-likeness (QED) is 0.372. The van der Waals surface area contributed by atoms with E-state index in [-0.39, 0.29) is 11.9 Å². The normalized spacial score (nSPS) is 15.6. The summed E-state index contributed by atoms with van der Waals surface area (Å²) in [5.41, 5.74) is 3.19. The van der Waals surface area contributed by atoms with Crippen molar-refractivity contribution in [2.75, 3.05) is 25.6 Å². The van der Waals surface area contributed by atoms with E-state index in [4.69, 9.17) is 9.72 Å². The van der Waals surface area contributed by atoms with Crippen molar-refractivity contribution in [3.63, 3.8) is 0 Å². The Kier molecular flexibility index (Phi) is 5.47. The minimum Gasteiger partial charge on any atom is -0.496 e. The molecule has 1 fully saturated rings. The van der Waals surface area contributed by atoms with E-state index in [1.54, 1.807) is 36.1 Å². The number of carbonyl (C=O) groups excluding carboxylic acids is 1. The number of hydrogen-bond donors (Lipinski definition) is 2. The predicted molar refractivity (Wildman–Crippen MR) is 134 cm³/mol. The first-order valence-electron chi connectivity index (χ1n) is 11.8. The molecule has 1 aliphatic heterocycles. The second-order valence-corrected chi connectivity index (χ2v) is 8.86. The number of halogens is 2. The maximum absolute atomic E-state index is 14.6. The van der Waals surface area contributed by atoms with Gasteiger partial charge in [-0.25, -0.2) is 23.3 Å². The van der Waals surface area contributed by atoms with Crippen molar-refractivity contribution in [2.45, 2.75) is 18.9 Å². The lowest BCUT2D eigenvalue weighted by molar-refractivity contribution is 0.0960. The zero-order valence-corrected chi connectivity index (χ0v) is 20.1. The minimum absolute atomic E-state index is 0.277. The van der Waals surface area contributed by atoms with E-state index in [2.05, 4.69) is 20.4 Å². The van der Waals surface area contributed by atoms with Crippen molar-refractivity contribution in [3.05, 3.63) is 71.6 Å². The second-order valence-electron chi connectivity index (χ2n) is 8.86. The van der Waals surface area contributed by atoms with Crippen LogP contribution >= 0.6 is 0 Å². The summed E-state index contributed by atoms with van der Waals surface area (Å²) in [5, 5.41) is 7.01. The van der Waals surface area contributed by atoms with Gasteiger partial charge in [0.2, 0.25) is 0 Å². The number of nitrogens with zero attached hydrogens (tertiary/aromatic N) is 5. The molecule has 0 saturated carbocycles. The van der Waals surface area contributed by atoms with E-state index in [0.717, 1.165) is 12.5 Å². The number of ether oxygens (including phenoxy) is 1. The molecular formula is C26H23F2N7O2. The van der Waals surface area contributed by atoms with E-state index >= 15 is 0 Å². The molecule has 188 valence electrons. The van der Waals surface area contributed by atoms with Crippen molar-refractivity contribution in [1.82, 2.24) is 29.9 Å². The van der Waals surface area contributed by atoms with Gasteiger partial charge in [0, 0.05) is 31.4 Å². The predicted octanol–water partition coefficient (Wildman–Crippen LogP) is 4.26. The van der Waals surface area contributed by atoms with E-state index in [1.807, 2.05) is 11.0 Å². The highest BCUT2D eigenvalue weighted by molar-refractivity contribution is 6.00. The van der Waals surface area contributed by atoms with Crippen LogP contribution in [0.4, 0.5) is 14.6 Å². The molecule has 1 saturated heterocycles. The number of aromatic amines is 1. The van der Waals surface area contributed by atoms with Crippen LogP contribution in [0.5, 0.6) is 5.75 Å². The first kappa shape index (κ1) is 22.9. The zero-order chi connectivity index (χ0) is 25.7. The Morgan fingerprint density at radius 1 is 1.19 bits per heavy atom. The fourth-order valence-electron chi connectivity index (χ4n) is 4.97. The van der Waals surface area contributed by atoms with Crippen LogP contribution in [0.3, 0.4) is 0 Å². The molecule has 0 spiro atoms. The standard InChI is InChI=1S/C26H23F2N7O2/c1-29-26(36)16-11-19-20(12-22(16)37-2)32-24(31-19)17-13-30-35-9-7-23(33-25(17)35)34-8-3-4-21(34)15-10-14(27)5-6-18(15)28/h5-7,9-13,21H,3-4,8H2,1-2H3,(H,29,36)(H,31,32)/t21-/m1/s1. The van der Waals surface area contributed by atoms with Crippen LogP contribution in [0.1, 0.15) is 34.8 Å². The molecular weight excluding hydrogens is 480 g/mol. The summed E-state index contributed by atoms with van der Waals surface area (Å²) in [6.07, 6.45) is 4.97. The average Bonchev–Trinajstić information content (AvgIpc) is 3.65. The molecule has 1 aliphatic rings. The number of nitrogens with one attached hydrogen (secondary N) is 2. The van der Waals surface area contributed by atoms with Crippen molar-refractivity contribution in [2.24, 2.45) is 0 Å². The first-order chi connectivity index (χ1) is 18.0. The monoisotopic (exact) mass is 503 g/mol. The molecule has 0 bridgehead atoms. The molecule has 3 aromatic heterocycles. The van der Waals surface area contributed by atoms with Crippen LogP contribution in [0.15, 0.2) is 48.8 Å². The van der Waals surface area contributed by atoms with Gasteiger partial charge in [-0.1, -0.05) is 0 Å². The Bertz CT molecular complexity index is 1660. The highest BCUT2D eigenvalue weighted by Gasteiger charge is 2.30. The van der Waals surface area contributed by atoms with Gasteiger partial charge < -0.3 is 19.9 Å². The molecule has 0 aliphatic carbocycles. The van der Waals surface area contributed by atoms with Gasteiger partial charge in [-0.15, -0.1) is 0 Å². The maximum Gasteiger partial charge on any atom is 0.254 e. The topological polar surface area (TPSA) is 100 Å². The number of anilines is 1. The van der Waals surface area contributed by atoms with Gasteiger partial charge in [0.25, 0.3) is 5.91 Å². The number of hydrogen-bond acceptors (Lipinski definition) is 6. The third-order valence-electron chi connectivity index (χ3n) is 6.75. The first-order valence-corrected chi connectivity index (χ1v) is 11.8. The molecule has 37 heavy (non-hydrogen) atoms. The molecule has 1 amide bonds. The van der Waals surface area contributed by atoms with Gasteiger partial charge in [0.1, 0.15) is 29.0 Å². The largest absolute Gasteiger partial charge is 0.496 e. The van der Waals surface area contributed by atoms with Gasteiger partial charge in [0.15, 0.2) is 5.65 Å². The summed E-state index contributed by atoms with van der Waals surface area (Å²) in [7, 11) is 3.06. The van der Waals surface area contributed by atoms with Crippen molar-refractivity contribution in [3.8, 4) is 17.1 Å². The van der Waals surface area contributed by atoms with Gasteiger partial charge >= 0.3 is 0 Å². The van der Waals surface area contributed by atoms with Crippen molar-refractivity contribution < 1.29 is 18.3 Å². The van der Waals surface area contributed by atoms with Crippen molar-refractivity contribution >= 4 is 28.4 Å². The van der Waals surface area contributed by atoms with Crippen LogP contribution in [0.25, 0.3) is 28.1 Å². The summed E-state index contributed by atoms with van der Waals surface area (Å²) in [6.45, 7) is 0.667. The maximum atomic E-state index is 14.6. The number of aromatic nitrogens is 5. The smallest absolute Gasteiger partial charge is 0.254 e. The Morgan fingerprint density at radius 3 is 2.86 bits per heavy atom. The number of methoxy groups -OCH3 is 1. The third-order valence-corrected chi connectivity index (χ3v) is 6.75. The lowest BCUT2D eigenvalue weighted by Crippen LogP contribution is -2.24. The average molecular weight is 504 g/mol. The summed E-state index contributed by atoms with van der Waals surface area (Å²) < 4.78 is 35.5. The fraction of sp³-hybridized carbons (Fsp3) is 0.231. The van der Waals surface area contributed by atoms with Gasteiger partial charge in [0.05, 0.1) is 41.5 Å². The molecule has 1 atom stereocenters. The van der Waals surface area contributed by atoms with Gasteiger partial charge in [-0.3, -0.25) is 4.79 Å². The molecule has 6 rings (SSSR count). The number of benzene rings is 2. The SMILES string of the molecule is CNC(=O)c1cc2nc(-c3cnn4ccc(N5CCC[C@@H]5c5cc(F)ccc5F)nc34)[nH]c2cc1OC. The van der Waals surface area contributed by atoms with Crippen LogP contribution < -0.4 is 15.0 Å². The summed E-state index contributed by atoms with van der Waals surface area (Å²) in [6, 6.07) is 8.44. The van der Waals surface area contributed by atoms with E-state index in [0.29, 0.717) is 63.7 Å². The Balaban J connectivity index is 1.41. The lowest BCUT2D eigenvalue weighted by atomic mass is 10.0. The highest BCUT2D eigenvalue weighted by atomic mass is 19.1. The number of rotatable bonds is 5. The molecule has 2 N–H and O–H groups in total. The second kappa shape index (κ2) is 8.84. The number of amides is 1. The molecule has 0 unspecified atom stereocenters. The van der Waals surface area contributed by atoms with Crippen LogP contribution in [-0.4, -0.2) is 51.2 Å². The summed E-state index contributed by atoms with van der Waals surface area (Å²) in [4.78, 5) is 27.1. The molecule has 0 radical (unpaired) electrons. The minimum atomic E-state index is -0.467. The van der Waals surface area contributed by atoms with E-state index in [1.165, 1.54) is 19.2 Å². The van der Waals surface area contributed by atoms with Gasteiger partial charge in [-0.05, 0) is 43.2 Å². The Morgan fingerprint density at radius 2 is 2.05 bits per heavy atom. The van der Waals surface area contributed by atoms with E-state index in [9.17, 15) is 13.6 Å². The van der Waals surface area contributed by atoms with Crippen LogP contribution in [-0.2, 0) is 0 Å². The summed E-state index contributed by atoms with van der Waals surface area (Å²) in [5.74, 6) is 0.413. The fourth-order valence-corrected chi connectivity index (χ4v) is 4.97. The molecule has 2 aromatic carbocycles. The molecule has 4 heterocycles. The number of imidazole rings is 1. The Labute approximate surface area is 210 Å². The molecule has 5 aromatic rings. The third kappa shape index (κ3) is 3.83. The van der Waals surface area contributed by atoms with Crippen LogP contribution in [0.2, 0.25) is 0 Å². The number of carbonyl (C=O) groups is 1. The molecule has 9 nitrogen and oxygen atoms in total. The molecule has 11 heteroatoms. The lowest BCUT2D eigenvalue weighted by Gasteiger charge is -2.26.